The lowest BCUT2D eigenvalue weighted by Gasteiger charge is -2.14. The van der Waals surface area contributed by atoms with Crippen molar-refractivity contribution in [2.75, 3.05) is 0 Å². The fourth-order valence-corrected chi connectivity index (χ4v) is 2.29. The molecule has 0 unspecified atom stereocenters. The first kappa shape index (κ1) is 12.9. The number of fused-ring (bicyclic) bond motifs is 1. The zero-order valence-electron chi connectivity index (χ0n) is 10.5. The summed E-state index contributed by atoms with van der Waals surface area (Å²) in [6, 6.07) is 13.3. The van der Waals surface area contributed by atoms with E-state index in [0.29, 0.717) is 5.75 Å². The third kappa shape index (κ3) is 3.47. The van der Waals surface area contributed by atoms with Crippen molar-refractivity contribution in [3.8, 4) is 5.75 Å². The molecule has 96 valence electrons. The molecule has 0 amide bonds. The van der Waals surface area contributed by atoms with Crippen molar-refractivity contribution >= 4 is 10.8 Å². The van der Waals surface area contributed by atoms with E-state index in [4.69, 9.17) is 5.11 Å². The zero-order valence-corrected chi connectivity index (χ0v) is 10.5. The van der Waals surface area contributed by atoms with Crippen LogP contribution < -0.4 is 0 Å². The van der Waals surface area contributed by atoms with E-state index in [1.165, 1.54) is 19.3 Å². The summed E-state index contributed by atoms with van der Waals surface area (Å²) in [7, 11) is 0. The lowest BCUT2D eigenvalue weighted by Crippen LogP contribution is -2.09. The second kappa shape index (κ2) is 6.41. The summed E-state index contributed by atoms with van der Waals surface area (Å²) < 4.78 is 0. The van der Waals surface area contributed by atoms with Gasteiger partial charge in [0.1, 0.15) is 5.75 Å². The third-order valence-corrected chi connectivity index (χ3v) is 3.34. The first-order valence-corrected chi connectivity index (χ1v) is 6.62. The quantitative estimate of drug-likeness (QED) is 0.738. The Bertz CT molecular complexity index is 482. The van der Waals surface area contributed by atoms with Crippen molar-refractivity contribution in [1.29, 1.82) is 0 Å². The number of aromatic hydroxyl groups is 1. The second-order valence-corrected chi connectivity index (χ2v) is 4.79. The van der Waals surface area contributed by atoms with Gasteiger partial charge in [-0.05, 0) is 24.3 Å². The predicted molar refractivity (Wildman–Crippen MR) is 74.7 cm³/mol. The van der Waals surface area contributed by atoms with Crippen molar-refractivity contribution in [3.63, 3.8) is 0 Å². The van der Waals surface area contributed by atoms with Crippen LogP contribution in [0.2, 0.25) is 0 Å². The van der Waals surface area contributed by atoms with Gasteiger partial charge >= 0.3 is 0 Å². The van der Waals surface area contributed by atoms with Crippen LogP contribution in [0.25, 0.3) is 10.8 Å². The van der Waals surface area contributed by atoms with E-state index in [-0.39, 0.29) is 6.10 Å². The van der Waals surface area contributed by atoms with E-state index in [2.05, 4.69) is 0 Å². The zero-order chi connectivity index (χ0) is 12.8. The standard InChI is InChI=1S/C10H8O.C6H12O/c11-10-7-3-5-8-4-1-2-6-9(8)10;7-6-4-2-1-3-5-6/h1-7,11H;6-7H,1-5H2. The minimum Gasteiger partial charge on any atom is -0.507 e. The van der Waals surface area contributed by atoms with Gasteiger partial charge < -0.3 is 10.2 Å². The normalized spacial score (nSPS) is 16.1. The summed E-state index contributed by atoms with van der Waals surface area (Å²) in [5, 5.41) is 20.3. The van der Waals surface area contributed by atoms with Crippen LogP contribution in [0.5, 0.6) is 5.75 Å². The summed E-state index contributed by atoms with van der Waals surface area (Å²) in [4.78, 5) is 0. The molecule has 0 aliphatic heterocycles. The Balaban J connectivity index is 0.000000149. The van der Waals surface area contributed by atoms with Crippen molar-refractivity contribution in [3.05, 3.63) is 42.5 Å². The highest BCUT2D eigenvalue weighted by Gasteiger charge is 2.07. The average Bonchev–Trinajstić information content (AvgIpc) is 2.41. The molecule has 1 aliphatic rings. The molecule has 2 nitrogen and oxygen atoms in total. The molecule has 2 aromatic rings. The van der Waals surface area contributed by atoms with Crippen LogP contribution in [0.4, 0.5) is 0 Å². The summed E-state index contributed by atoms with van der Waals surface area (Å²) >= 11 is 0. The van der Waals surface area contributed by atoms with Crippen LogP contribution in [0.1, 0.15) is 32.1 Å². The smallest absolute Gasteiger partial charge is 0.123 e. The number of aliphatic hydroxyl groups excluding tert-OH is 1. The van der Waals surface area contributed by atoms with Crippen LogP contribution >= 0.6 is 0 Å². The molecule has 0 radical (unpaired) electrons. The topological polar surface area (TPSA) is 40.5 Å². The molecule has 1 fully saturated rings. The van der Waals surface area contributed by atoms with Gasteiger partial charge in [-0.25, -0.2) is 0 Å². The highest BCUT2D eigenvalue weighted by atomic mass is 16.3. The molecule has 0 heterocycles. The Labute approximate surface area is 108 Å². The van der Waals surface area contributed by atoms with Gasteiger partial charge in [-0.2, -0.15) is 0 Å². The maximum Gasteiger partial charge on any atom is 0.123 e. The Hall–Kier alpha value is -1.54. The number of phenols is 1. The third-order valence-electron chi connectivity index (χ3n) is 3.34. The largest absolute Gasteiger partial charge is 0.507 e. The molecule has 0 saturated heterocycles. The lowest BCUT2D eigenvalue weighted by atomic mass is 9.98. The summed E-state index contributed by atoms with van der Waals surface area (Å²) in [5.74, 6) is 0.350. The first-order chi connectivity index (χ1) is 8.77. The van der Waals surface area contributed by atoms with E-state index in [1.807, 2.05) is 36.4 Å². The van der Waals surface area contributed by atoms with Gasteiger partial charge in [-0.15, -0.1) is 0 Å². The molecular weight excluding hydrogens is 224 g/mol. The van der Waals surface area contributed by atoms with Gasteiger partial charge in [-0.3, -0.25) is 0 Å². The Morgan fingerprint density at radius 1 is 0.833 bits per heavy atom. The molecule has 1 saturated carbocycles. The Kier molecular flexibility index (Phi) is 4.59. The Morgan fingerprint density at radius 3 is 2.11 bits per heavy atom. The summed E-state index contributed by atoms with van der Waals surface area (Å²) in [6.45, 7) is 0. The average molecular weight is 244 g/mol. The van der Waals surface area contributed by atoms with Gasteiger partial charge in [0.15, 0.2) is 0 Å². The first-order valence-electron chi connectivity index (χ1n) is 6.62. The highest BCUT2D eigenvalue weighted by Crippen LogP contribution is 2.22. The summed E-state index contributed by atoms with van der Waals surface area (Å²) in [5.41, 5.74) is 0. The molecule has 2 aromatic carbocycles. The molecule has 1 aliphatic carbocycles. The lowest BCUT2D eigenvalue weighted by molar-refractivity contribution is 0.130. The number of benzene rings is 2. The Morgan fingerprint density at radius 2 is 1.50 bits per heavy atom. The van der Waals surface area contributed by atoms with E-state index in [9.17, 15) is 5.11 Å². The number of phenolic OH excluding ortho intramolecular Hbond substituents is 1. The van der Waals surface area contributed by atoms with Gasteiger partial charge in [0.2, 0.25) is 0 Å². The monoisotopic (exact) mass is 244 g/mol. The predicted octanol–water partition coefficient (Wildman–Crippen LogP) is 3.86. The molecule has 2 heteroatoms. The van der Waals surface area contributed by atoms with Gasteiger partial charge in [0.05, 0.1) is 6.10 Å². The van der Waals surface area contributed by atoms with Crippen LogP contribution in [0.3, 0.4) is 0 Å². The molecule has 18 heavy (non-hydrogen) atoms. The minimum absolute atomic E-state index is 0.0359. The van der Waals surface area contributed by atoms with Crippen LogP contribution in [-0.2, 0) is 0 Å². The van der Waals surface area contributed by atoms with E-state index in [0.717, 1.165) is 23.6 Å². The van der Waals surface area contributed by atoms with E-state index < -0.39 is 0 Å². The van der Waals surface area contributed by atoms with Crippen molar-refractivity contribution < 1.29 is 10.2 Å². The van der Waals surface area contributed by atoms with Crippen molar-refractivity contribution in [2.45, 2.75) is 38.2 Å². The minimum atomic E-state index is 0.0359. The number of aliphatic hydroxyl groups is 1. The SMILES string of the molecule is OC1CCCCC1.Oc1cccc2ccccc12. The fraction of sp³-hybridized carbons (Fsp3) is 0.375. The van der Waals surface area contributed by atoms with Gasteiger partial charge in [-0.1, -0.05) is 55.7 Å². The van der Waals surface area contributed by atoms with Gasteiger partial charge in [0, 0.05) is 5.39 Å². The van der Waals surface area contributed by atoms with E-state index in [1.54, 1.807) is 6.07 Å². The van der Waals surface area contributed by atoms with E-state index >= 15 is 0 Å². The van der Waals surface area contributed by atoms with Gasteiger partial charge in [0.25, 0.3) is 0 Å². The molecule has 0 spiro atoms. The summed E-state index contributed by atoms with van der Waals surface area (Å²) in [6.07, 6.45) is 5.92. The fourth-order valence-electron chi connectivity index (χ4n) is 2.29. The molecular formula is C16H20O2. The van der Waals surface area contributed by atoms with Crippen molar-refractivity contribution in [1.82, 2.24) is 0 Å². The van der Waals surface area contributed by atoms with Crippen LogP contribution in [-0.4, -0.2) is 16.3 Å². The molecule has 2 N–H and O–H groups in total. The number of rotatable bonds is 0. The molecule has 0 atom stereocenters. The molecule has 0 aromatic heterocycles. The molecule has 3 rings (SSSR count). The molecule has 0 bridgehead atoms. The maximum atomic E-state index is 9.37. The maximum absolute atomic E-state index is 9.37. The van der Waals surface area contributed by atoms with Crippen LogP contribution in [0, 0.1) is 0 Å². The van der Waals surface area contributed by atoms with Crippen molar-refractivity contribution in [2.24, 2.45) is 0 Å². The number of hydrogen-bond acceptors (Lipinski definition) is 2. The van der Waals surface area contributed by atoms with Crippen LogP contribution in [0.15, 0.2) is 42.5 Å². The highest BCUT2D eigenvalue weighted by molar-refractivity contribution is 5.87. The number of hydrogen-bond donors (Lipinski definition) is 2. The second-order valence-electron chi connectivity index (χ2n) is 4.79.